The average molecular weight is 318 g/mol. The van der Waals surface area contributed by atoms with E-state index in [1.165, 1.54) is 25.3 Å². The summed E-state index contributed by atoms with van der Waals surface area (Å²) in [5.41, 5.74) is 1.17. The summed E-state index contributed by atoms with van der Waals surface area (Å²) in [6, 6.07) is 12.6. The molecule has 23 heavy (non-hydrogen) atoms. The number of anilines is 1. The standard InChI is InChI=1S/C17H19FN2O3/c1-23-16-11-13(18)7-8-14(16)20-17(22)19-10-9-15(21)12-5-3-2-4-6-12/h2-8,11,15,21H,9-10H2,1H3,(H2,19,20,22). The molecule has 3 N–H and O–H groups in total. The average Bonchev–Trinajstić information content (AvgIpc) is 2.57. The zero-order valence-corrected chi connectivity index (χ0v) is 12.8. The molecular weight excluding hydrogens is 299 g/mol. The van der Waals surface area contributed by atoms with Gasteiger partial charge in [-0.1, -0.05) is 30.3 Å². The Morgan fingerprint density at radius 3 is 2.70 bits per heavy atom. The fraction of sp³-hybridized carbons (Fsp3) is 0.235. The van der Waals surface area contributed by atoms with Gasteiger partial charge in [-0.05, 0) is 24.1 Å². The third kappa shape index (κ3) is 4.96. The molecule has 0 aliphatic carbocycles. The Labute approximate surface area is 134 Å². The van der Waals surface area contributed by atoms with Crippen LogP contribution in [0.15, 0.2) is 48.5 Å². The number of carbonyl (C=O) groups excluding carboxylic acids is 1. The lowest BCUT2D eigenvalue weighted by Crippen LogP contribution is -2.30. The molecular formula is C17H19FN2O3. The van der Waals surface area contributed by atoms with Crippen LogP contribution in [0.3, 0.4) is 0 Å². The van der Waals surface area contributed by atoms with Gasteiger partial charge in [0.15, 0.2) is 0 Å². The van der Waals surface area contributed by atoms with Crippen LogP contribution in [0.2, 0.25) is 0 Å². The van der Waals surface area contributed by atoms with E-state index in [4.69, 9.17) is 4.74 Å². The minimum absolute atomic E-state index is 0.240. The van der Waals surface area contributed by atoms with Gasteiger partial charge in [0.2, 0.25) is 0 Å². The van der Waals surface area contributed by atoms with E-state index in [9.17, 15) is 14.3 Å². The van der Waals surface area contributed by atoms with Gasteiger partial charge in [-0.25, -0.2) is 9.18 Å². The molecule has 2 amide bonds. The van der Waals surface area contributed by atoms with Gasteiger partial charge in [-0.15, -0.1) is 0 Å². The maximum atomic E-state index is 13.1. The van der Waals surface area contributed by atoms with Crippen molar-refractivity contribution in [2.75, 3.05) is 19.0 Å². The number of aliphatic hydroxyl groups excluding tert-OH is 1. The summed E-state index contributed by atoms with van der Waals surface area (Å²) in [5.74, 6) is -0.205. The number of rotatable bonds is 6. The number of aliphatic hydroxyl groups is 1. The van der Waals surface area contributed by atoms with Crippen molar-refractivity contribution in [2.24, 2.45) is 0 Å². The molecule has 0 aromatic heterocycles. The largest absolute Gasteiger partial charge is 0.494 e. The van der Waals surface area contributed by atoms with Crippen molar-refractivity contribution in [3.05, 3.63) is 59.9 Å². The molecule has 2 rings (SSSR count). The van der Waals surface area contributed by atoms with Crippen LogP contribution in [0.1, 0.15) is 18.1 Å². The van der Waals surface area contributed by atoms with Crippen LogP contribution in [-0.4, -0.2) is 24.8 Å². The normalized spacial score (nSPS) is 11.6. The fourth-order valence-electron chi connectivity index (χ4n) is 2.10. The van der Waals surface area contributed by atoms with E-state index in [0.29, 0.717) is 18.7 Å². The summed E-state index contributed by atoms with van der Waals surface area (Å²) >= 11 is 0. The molecule has 0 saturated heterocycles. The van der Waals surface area contributed by atoms with E-state index >= 15 is 0 Å². The Balaban J connectivity index is 1.82. The predicted octanol–water partition coefficient (Wildman–Crippen LogP) is 3.08. The molecule has 0 radical (unpaired) electrons. The fourth-order valence-corrected chi connectivity index (χ4v) is 2.10. The van der Waals surface area contributed by atoms with Crippen LogP contribution in [-0.2, 0) is 0 Å². The molecule has 122 valence electrons. The number of benzene rings is 2. The van der Waals surface area contributed by atoms with Gasteiger partial charge in [0.25, 0.3) is 0 Å². The maximum absolute atomic E-state index is 13.1. The number of hydrogen-bond acceptors (Lipinski definition) is 3. The zero-order chi connectivity index (χ0) is 16.7. The molecule has 2 aromatic rings. The van der Waals surface area contributed by atoms with Gasteiger partial charge >= 0.3 is 6.03 Å². The van der Waals surface area contributed by atoms with E-state index in [0.717, 1.165) is 5.56 Å². The quantitative estimate of drug-likeness (QED) is 0.766. The predicted molar refractivity (Wildman–Crippen MR) is 86.0 cm³/mol. The molecule has 0 fully saturated rings. The van der Waals surface area contributed by atoms with Crippen molar-refractivity contribution >= 4 is 11.7 Å². The number of urea groups is 1. The lowest BCUT2D eigenvalue weighted by atomic mass is 10.1. The second-order valence-electron chi connectivity index (χ2n) is 4.94. The van der Waals surface area contributed by atoms with Gasteiger partial charge in [-0.2, -0.15) is 0 Å². The first-order valence-electron chi connectivity index (χ1n) is 7.21. The van der Waals surface area contributed by atoms with Crippen LogP contribution >= 0.6 is 0 Å². The van der Waals surface area contributed by atoms with E-state index in [1.807, 2.05) is 30.3 Å². The first kappa shape index (κ1) is 16.8. The van der Waals surface area contributed by atoms with Crippen LogP contribution in [0.5, 0.6) is 5.75 Å². The van der Waals surface area contributed by atoms with Crippen molar-refractivity contribution in [3.8, 4) is 5.75 Å². The molecule has 0 bridgehead atoms. The van der Waals surface area contributed by atoms with Crippen LogP contribution in [0.4, 0.5) is 14.9 Å². The van der Waals surface area contributed by atoms with Crippen LogP contribution in [0.25, 0.3) is 0 Å². The molecule has 1 atom stereocenters. The van der Waals surface area contributed by atoms with Gasteiger partial charge in [0, 0.05) is 12.6 Å². The number of carbonyl (C=O) groups is 1. The summed E-state index contributed by atoms with van der Waals surface area (Å²) in [7, 11) is 1.40. The highest BCUT2D eigenvalue weighted by atomic mass is 19.1. The van der Waals surface area contributed by atoms with Gasteiger partial charge in [0.05, 0.1) is 18.9 Å². The Kier molecular flexibility index (Phi) is 5.94. The molecule has 5 nitrogen and oxygen atoms in total. The summed E-state index contributed by atoms with van der Waals surface area (Å²) < 4.78 is 18.1. The topological polar surface area (TPSA) is 70.6 Å². The van der Waals surface area contributed by atoms with Crippen molar-refractivity contribution in [1.82, 2.24) is 5.32 Å². The minimum Gasteiger partial charge on any atom is -0.494 e. The monoisotopic (exact) mass is 318 g/mol. The Hall–Kier alpha value is -2.60. The Morgan fingerprint density at radius 2 is 2.00 bits per heavy atom. The van der Waals surface area contributed by atoms with Crippen molar-refractivity contribution in [2.45, 2.75) is 12.5 Å². The summed E-state index contributed by atoms with van der Waals surface area (Å²) in [6.07, 6.45) is -0.255. The highest BCUT2D eigenvalue weighted by molar-refractivity contribution is 5.90. The minimum atomic E-state index is -0.642. The van der Waals surface area contributed by atoms with Gasteiger partial charge < -0.3 is 20.5 Å². The van der Waals surface area contributed by atoms with E-state index in [1.54, 1.807) is 0 Å². The van der Waals surface area contributed by atoms with Gasteiger partial charge in [-0.3, -0.25) is 0 Å². The SMILES string of the molecule is COc1cc(F)ccc1NC(=O)NCCC(O)c1ccccc1. The number of halogens is 1. The number of nitrogens with one attached hydrogen (secondary N) is 2. The molecule has 1 unspecified atom stereocenters. The summed E-state index contributed by atoms with van der Waals surface area (Å²) in [6.45, 7) is 0.297. The zero-order valence-electron chi connectivity index (χ0n) is 12.8. The summed E-state index contributed by atoms with van der Waals surface area (Å²) in [4.78, 5) is 11.8. The number of amides is 2. The lowest BCUT2D eigenvalue weighted by molar-refractivity contribution is 0.167. The molecule has 0 saturated carbocycles. The molecule has 0 spiro atoms. The Morgan fingerprint density at radius 1 is 1.26 bits per heavy atom. The Bertz CT molecular complexity index is 650. The molecule has 0 heterocycles. The van der Waals surface area contributed by atoms with Gasteiger partial charge in [0.1, 0.15) is 11.6 Å². The van der Waals surface area contributed by atoms with Crippen LogP contribution in [0, 0.1) is 5.82 Å². The molecule has 2 aromatic carbocycles. The smallest absolute Gasteiger partial charge is 0.319 e. The van der Waals surface area contributed by atoms with E-state index in [-0.39, 0.29) is 5.75 Å². The number of methoxy groups -OCH3 is 1. The highest BCUT2D eigenvalue weighted by Gasteiger charge is 2.10. The lowest BCUT2D eigenvalue weighted by Gasteiger charge is -2.13. The van der Waals surface area contributed by atoms with Crippen molar-refractivity contribution in [3.63, 3.8) is 0 Å². The number of hydrogen-bond donors (Lipinski definition) is 3. The first-order chi connectivity index (χ1) is 11.1. The second kappa shape index (κ2) is 8.14. The first-order valence-corrected chi connectivity index (χ1v) is 7.21. The summed E-state index contributed by atoms with van der Waals surface area (Å²) in [5, 5.41) is 15.2. The maximum Gasteiger partial charge on any atom is 0.319 e. The highest BCUT2D eigenvalue weighted by Crippen LogP contribution is 2.24. The van der Waals surface area contributed by atoms with E-state index < -0.39 is 18.0 Å². The van der Waals surface area contributed by atoms with Crippen molar-refractivity contribution < 1.29 is 19.0 Å². The third-order valence-electron chi connectivity index (χ3n) is 3.30. The molecule has 0 aliphatic heterocycles. The molecule has 6 heteroatoms. The number of ether oxygens (including phenoxy) is 1. The second-order valence-corrected chi connectivity index (χ2v) is 4.94. The van der Waals surface area contributed by atoms with Crippen LogP contribution < -0.4 is 15.4 Å². The third-order valence-corrected chi connectivity index (χ3v) is 3.30. The molecule has 0 aliphatic rings. The van der Waals surface area contributed by atoms with E-state index in [2.05, 4.69) is 10.6 Å². The van der Waals surface area contributed by atoms with Crippen molar-refractivity contribution in [1.29, 1.82) is 0 Å².